The third-order valence-corrected chi connectivity index (χ3v) is 4.77. The highest BCUT2D eigenvalue weighted by Gasteiger charge is 2.32. The fourth-order valence-electron chi connectivity index (χ4n) is 3.54. The van der Waals surface area contributed by atoms with Gasteiger partial charge in [0.2, 0.25) is 0 Å². The summed E-state index contributed by atoms with van der Waals surface area (Å²) < 4.78 is 0. The van der Waals surface area contributed by atoms with E-state index in [9.17, 15) is 0 Å². The van der Waals surface area contributed by atoms with Crippen LogP contribution in [-0.2, 0) is 0 Å². The number of likely N-dealkylation sites (N-methyl/N-ethyl adjacent to an activating group) is 1. The van der Waals surface area contributed by atoms with Crippen molar-refractivity contribution < 1.29 is 0 Å². The Balaban J connectivity index is 2.61. The summed E-state index contributed by atoms with van der Waals surface area (Å²) in [6.07, 6.45) is 6.65. The summed E-state index contributed by atoms with van der Waals surface area (Å²) in [5, 5.41) is 3.79. The third-order valence-electron chi connectivity index (χ3n) is 4.77. The van der Waals surface area contributed by atoms with E-state index in [2.05, 4.69) is 51.9 Å². The van der Waals surface area contributed by atoms with Gasteiger partial charge in [-0.15, -0.1) is 0 Å². The van der Waals surface area contributed by atoms with Crippen molar-refractivity contribution in [2.75, 3.05) is 13.6 Å². The quantitative estimate of drug-likeness (QED) is 0.753. The highest BCUT2D eigenvalue weighted by atomic mass is 15.2. The molecule has 1 aliphatic carbocycles. The second kappa shape index (κ2) is 8.26. The van der Waals surface area contributed by atoms with Crippen molar-refractivity contribution in [3.63, 3.8) is 0 Å². The Morgan fingerprint density at radius 2 is 1.89 bits per heavy atom. The van der Waals surface area contributed by atoms with E-state index in [1.54, 1.807) is 0 Å². The lowest BCUT2D eigenvalue weighted by atomic mass is 9.82. The Kier molecular flexibility index (Phi) is 7.38. The molecule has 1 rings (SSSR count). The Hall–Kier alpha value is -0.0800. The van der Waals surface area contributed by atoms with Gasteiger partial charge in [0.25, 0.3) is 0 Å². The summed E-state index contributed by atoms with van der Waals surface area (Å²) in [5.74, 6) is 1.68. The fraction of sp³-hybridized carbons (Fsp3) is 1.00. The molecular weight excluding hydrogens is 232 g/mol. The lowest BCUT2D eigenvalue weighted by Crippen LogP contribution is -2.54. The van der Waals surface area contributed by atoms with Crippen molar-refractivity contribution in [1.82, 2.24) is 10.2 Å². The zero-order valence-corrected chi connectivity index (χ0v) is 14.1. The van der Waals surface area contributed by atoms with Crippen molar-refractivity contribution in [3.05, 3.63) is 0 Å². The van der Waals surface area contributed by atoms with Gasteiger partial charge in [0.05, 0.1) is 0 Å². The van der Waals surface area contributed by atoms with Crippen LogP contribution < -0.4 is 5.32 Å². The molecule has 1 N–H and O–H groups in total. The molecular formula is C17H36N2. The Labute approximate surface area is 121 Å². The van der Waals surface area contributed by atoms with Crippen LogP contribution in [0.1, 0.15) is 66.7 Å². The number of nitrogens with one attached hydrogen (secondary N) is 1. The maximum atomic E-state index is 3.79. The van der Waals surface area contributed by atoms with Crippen LogP contribution in [0.2, 0.25) is 0 Å². The van der Waals surface area contributed by atoms with E-state index >= 15 is 0 Å². The summed E-state index contributed by atoms with van der Waals surface area (Å²) in [7, 11) is 2.34. The minimum atomic E-state index is 0.696. The summed E-state index contributed by atoms with van der Waals surface area (Å²) in [6.45, 7) is 12.9. The molecule has 114 valence electrons. The van der Waals surface area contributed by atoms with E-state index in [1.807, 2.05) is 0 Å². The monoisotopic (exact) mass is 268 g/mol. The van der Waals surface area contributed by atoms with Crippen molar-refractivity contribution >= 4 is 0 Å². The zero-order chi connectivity index (χ0) is 14.4. The standard InChI is InChI=1S/C17H36N2/c1-7-10-18-16-9-8-14(4)12-17(16)19(6)15(5)11-13(2)3/h13-18H,7-12H2,1-6H3. The van der Waals surface area contributed by atoms with Crippen molar-refractivity contribution in [2.45, 2.75) is 84.8 Å². The molecule has 4 atom stereocenters. The lowest BCUT2D eigenvalue weighted by Gasteiger charge is -2.43. The van der Waals surface area contributed by atoms with Gasteiger partial charge in [-0.2, -0.15) is 0 Å². The second-order valence-corrected chi connectivity index (χ2v) is 7.19. The first-order chi connectivity index (χ1) is 8.95. The summed E-state index contributed by atoms with van der Waals surface area (Å²) in [6, 6.07) is 2.13. The predicted octanol–water partition coefficient (Wildman–Crippen LogP) is 3.91. The Bertz CT molecular complexity index is 237. The second-order valence-electron chi connectivity index (χ2n) is 7.19. The molecule has 1 fully saturated rings. The van der Waals surface area contributed by atoms with Gasteiger partial charge in [-0.1, -0.05) is 27.7 Å². The van der Waals surface area contributed by atoms with Gasteiger partial charge < -0.3 is 5.32 Å². The van der Waals surface area contributed by atoms with Crippen molar-refractivity contribution in [1.29, 1.82) is 0 Å². The molecule has 0 saturated heterocycles. The van der Waals surface area contributed by atoms with E-state index in [-0.39, 0.29) is 0 Å². The highest BCUT2D eigenvalue weighted by Crippen LogP contribution is 2.29. The summed E-state index contributed by atoms with van der Waals surface area (Å²) >= 11 is 0. The van der Waals surface area contributed by atoms with Gasteiger partial charge in [-0.3, -0.25) is 4.90 Å². The normalized spacial score (nSPS) is 30.0. The van der Waals surface area contributed by atoms with Crippen LogP contribution in [0.25, 0.3) is 0 Å². The van der Waals surface area contributed by atoms with Gasteiger partial charge in [0.1, 0.15) is 0 Å². The van der Waals surface area contributed by atoms with Gasteiger partial charge in [-0.25, -0.2) is 0 Å². The van der Waals surface area contributed by atoms with E-state index in [1.165, 1.54) is 38.6 Å². The van der Waals surface area contributed by atoms with Crippen LogP contribution in [0.5, 0.6) is 0 Å². The average molecular weight is 268 g/mol. The summed E-state index contributed by atoms with van der Waals surface area (Å²) in [5.41, 5.74) is 0. The molecule has 0 radical (unpaired) electrons. The largest absolute Gasteiger partial charge is 0.312 e. The van der Waals surface area contributed by atoms with Crippen LogP contribution in [0.3, 0.4) is 0 Å². The first kappa shape index (κ1) is 17.0. The molecule has 0 aromatic heterocycles. The SMILES string of the molecule is CCCNC1CCC(C)CC1N(C)C(C)CC(C)C. The summed E-state index contributed by atoms with van der Waals surface area (Å²) in [4.78, 5) is 2.66. The van der Waals surface area contributed by atoms with Gasteiger partial charge in [0, 0.05) is 18.1 Å². The number of hydrogen-bond donors (Lipinski definition) is 1. The van der Waals surface area contributed by atoms with Crippen molar-refractivity contribution in [2.24, 2.45) is 11.8 Å². The average Bonchev–Trinajstić information content (AvgIpc) is 2.35. The smallest absolute Gasteiger partial charge is 0.0251 e. The van der Waals surface area contributed by atoms with E-state index in [0.29, 0.717) is 12.1 Å². The minimum Gasteiger partial charge on any atom is -0.312 e. The van der Waals surface area contributed by atoms with Crippen LogP contribution >= 0.6 is 0 Å². The first-order valence-corrected chi connectivity index (χ1v) is 8.41. The molecule has 0 bridgehead atoms. The minimum absolute atomic E-state index is 0.696. The van der Waals surface area contributed by atoms with Crippen molar-refractivity contribution in [3.8, 4) is 0 Å². The first-order valence-electron chi connectivity index (χ1n) is 8.41. The molecule has 0 aliphatic heterocycles. The van der Waals surface area contributed by atoms with E-state index in [4.69, 9.17) is 0 Å². The number of hydrogen-bond acceptors (Lipinski definition) is 2. The number of nitrogens with zero attached hydrogens (tertiary/aromatic N) is 1. The molecule has 0 heterocycles. The topological polar surface area (TPSA) is 15.3 Å². The number of rotatable bonds is 7. The Morgan fingerprint density at radius 3 is 2.47 bits per heavy atom. The molecule has 0 spiro atoms. The predicted molar refractivity (Wildman–Crippen MR) is 85.6 cm³/mol. The molecule has 4 unspecified atom stereocenters. The molecule has 2 nitrogen and oxygen atoms in total. The Morgan fingerprint density at radius 1 is 1.21 bits per heavy atom. The molecule has 0 aromatic rings. The van der Waals surface area contributed by atoms with Crippen LogP contribution in [0, 0.1) is 11.8 Å². The molecule has 1 aliphatic rings. The molecule has 19 heavy (non-hydrogen) atoms. The van der Waals surface area contributed by atoms with Gasteiger partial charge in [-0.05, 0) is 64.5 Å². The van der Waals surface area contributed by atoms with Crippen LogP contribution in [0.15, 0.2) is 0 Å². The highest BCUT2D eigenvalue weighted by molar-refractivity contribution is 4.91. The third kappa shape index (κ3) is 5.43. The zero-order valence-electron chi connectivity index (χ0n) is 14.1. The molecule has 0 aromatic carbocycles. The molecule has 1 saturated carbocycles. The van der Waals surface area contributed by atoms with E-state index < -0.39 is 0 Å². The van der Waals surface area contributed by atoms with Crippen LogP contribution in [0.4, 0.5) is 0 Å². The molecule has 0 amide bonds. The van der Waals surface area contributed by atoms with Gasteiger partial charge >= 0.3 is 0 Å². The van der Waals surface area contributed by atoms with E-state index in [0.717, 1.165) is 17.9 Å². The lowest BCUT2D eigenvalue weighted by molar-refractivity contribution is 0.0851. The maximum Gasteiger partial charge on any atom is 0.0251 e. The molecule has 2 heteroatoms. The van der Waals surface area contributed by atoms with Gasteiger partial charge in [0.15, 0.2) is 0 Å². The fourth-order valence-corrected chi connectivity index (χ4v) is 3.54. The maximum absolute atomic E-state index is 3.79. The van der Waals surface area contributed by atoms with Crippen LogP contribution in [-0.4, -0.2) is 36.6 Å².